The summed E-state index contributed by atoms with van der Waals surface area (Å²) < 4.78 is 20.7. The van der Waals surface area contributed by atoms with E-state index in [2.05, 4.69) is 40.3 Å². The summed E-state index contributed by atoms with van der Waals surface area (Å²) >= 11 is 0. The fourth-order valence-electron chi connectivity index (χ4n) is 5.99. The lowest BCUT2D eigenvalue weighted by Gasteiger charge is -2.15. The van der Waals surface area contributed by atoms with Crippen molar-refractivity contribution in [3.05, 3.63) is 67.0 Å². The predicted octanol–water partition coefficient (Wildman–Crippen LogP) is 5.38. The van der Waals surface area contributed by atoms with Crippen LogP contribution in [0.3, 0.4) is 0 Å². The second-order valence-corrected chi connectivity index (χ2v) is 11.8. The Labute approximate surface area is 257 Å². The molecule has 2 fully saturated rings. The van der Waals surface area contributed by atoms with Gasteiger partial charge in [0.1, 0.15) is 30.1 Å². The zero-order chi connectivity index (χ0) is 30.3. The van der Waals surface area contributed by atoms with E-state index in [0.29, 0.717) is 52.2 Å². The maximum Gasteiger partial charge on any atom is 0.181 e. The van der Waals surface area contributed by atoms with Gasteiger partial charge in [-0.15, -0.1) is 0 Å². The van der Waals surface area contributed by atoms with E-state index in [-0.39, 0.29) is 5.82 Å². The molecule has 11 nitrogen and oxygen atoms in total. The van der Waals surface area contributed by atoms with Crippen LogP contribution in [0.1, 0.15) is 25.7 Å². The third-order valence-electron chi connectivity index (χ3n) is 8.55. The van der Waals surface area contributed by atoms with Gasteiger partial charge in [-0.2, -0.15) is 5.10 Å². The zero-order valence-corrected chi connectivity index (χ0v) is 24.5. The molecule has 1 aliphatic carbocycles. The number of likely N-dealkylation sites (tertiary alicyclic amines) is 1. The smallest absolute Gasteiger partial charge is 0.181 e. The Morgan fingerprint density at radius 2 is 1.87 bits per heavy atom. The van der Waals surface area contributed by atoms with Crippen molar-refractivity contribution >= 4 is 27.9 Å². The number of pyridine rings is 3. The molecule has 5 aromatic heterocycles. The molecule has 6 heterocycles. The Balaban J connectivity index is 1.09. The molecule has 0 amide bonds. The minimum atomic E-state index is -0.582. The summed E-state index contributed by atoms with van der Waals surface area (Å²) in [7, 11) is 0. The van der Waals surface area contributed by atoms with Crippen LogP contribution >= 0.6 is 0 Å². The van der Waals surface area contributed by atoms with Gasteiger partial charge in [-0.3, -0.25) is 15.0 Å². The molecule has 1 atom stereocenters. The van der Waals surface area contributed by atoms with Crippen LogP contribution in [0.4, 0.5) is 10.1 Å². The van der Waals surface area contributed by atoms with Crippen molar-refractivity contribution in [2.75, 3.05) is 31.6 Å². The predicted molar refractivity (Wildman–Crippen MR) is 169 cm³/mol. The lowest BCUT2D eigenvalue weighted by atomic mass is 10.1. The van der Waals surface area contributed by atoms with Crippen LogP contribution in [0.15, 0.2) is 61.2 Å². The summed E-state index contributed by atoms with van der Waals surface area (Å²) in [6.45, 7) is 3.51. The molecule has 0 radical (unpaired) electrons. The maximum absolute atomic E-state index is 14.8. The summed E-state index contributed by atoms with van der Waals surface area (Å²) in [4.78, 5) is 23.9. The number of rotatable bonds is 10. The first kappa shape index (κ1) is 27.6. The van der Waals surface area contributed by atoms with Crippen LogP contribution in [-0.2, 0) is 0 Å². The lowest BCUT2D eigenvalue weighted by molar-refractivity contribution is 0.180. The fourth-order valence-corrected chi connectivity index (χ4v) is 5.99. The van der Waals surface area contributed by atoms with Crippen LogP contribution in [0, 0.1) is 11.7 Å². The van der Waals surface area contributed by atoms with Gasteiger partial charge in [0.25, 0.3) is 0 Å². The Hall–Kier alpha value is -4.94. The van der Waals surface area contributed by atoms with E-state index < -0.39 is 6.23 Å². The van der Waals surface area contributed by atoms with Crippen molar-refractivity contribution in [2.24, 2.45) is 5.92 Å². The number of H-pyrrole nitrogens is 2. The largest absolute Gasteiger partial charge is 0.492 e. The number of fused-ring (bicyclic) bond motifs is 2. The normalized spacial score (nSPS) is 16.0. The van der Waals surface area contributed by atoms with Gasteiger partial charge in [0.05, 0.1) is 22.8 Å². The molecule has 0 bridgehead atoms. The van der Waals surface area contributed by atoms with E-state index in [9.17, 15) is 9.50 Å². The first-order valence-corrected chi connectivity index (χ1v) is 15.3. The van der Waals surface area contributed by atoms with Crippen LogP contribution in [0.2, 0.25) is 0 Å². The highest BCUT2D eigenvalue weighted by molar-refractivity contribution is 5.96. The monoisotopic (exact) mass is 605 g/mol. The number of hydrogen-bond donors (Lipinski definition) is 4. The van der Waals surface area contributed by atoms with Crippen LogP contribution in [0.5, 0.6) is 5.75 Å². The third kappa shape index (κ3) is 5.69. The summed E-state index contributed by atoms with van der Waals surface area (Å²) in [5, 5.41) is 21.7. The highest BCUT2D eigenvalue weighted by atomic mass is 19.1. The van der Waals surface area contributed by atoms with E-state index in [1.54, 1.807) is 24.8 Å². The van der Waals surface area contributed by atoms with Gasteiger partial charge in [0, 0.05) is 53.8 Å². The van der Waals surface area contributed by atoms with Gasteiger partial charge < -0.3 is 20.1 Å². The van der Waals surface area contributed by atoms with Gasteiger partial charge >= 0.3 is 0 Å². The zero-order valence-electron chi connectivity index (χ0n) is 24.5. The highest BCUT2D eigenvalue weighted by Crippen LogP contribution is 2.35. The van der Waals surface area contributed by atoms with E-state index in [4.69, 9.17) is 9.72 Å². The van der Waals surface area contributed by atoms with Gasteiger partial charge in [0.2, 0.25) is 0 Å². The molecule has 12 heteroatoms. The van der Waals surface area contributed by atoms with Crippen molar-refractivity contribution in [3.8, 4) is 39.5 Å². The van der Waals surface area contributed by atoms with Crippen molar-refractivity contribution < 1.29 is 14.2 Å². The lowest BCUT2D eigenvalue weighted by Crippen LogP contribution is -2.25. The molecule has 6 aromatic rings. The number of halogens is 1. The topological polar surface area (TPSA) is 141 Å². The number of nitrogens with zero attached hydrogens (tertiary/aromatic N) is 6. The van der Waals surface area contributed by atoms with Crippen LogP contribution in [-0.4, -0.2) is 77.6 Å². The second-order valence-electron chi connectivity index (χ2n) is 11.8. The Kier molecular flexibility index (Phi) is 7.07. The first-order chi connectivity index (χ1) is 22.1. The fraction of sp³-hybridized carbons (Fsp3) is 0.303. The molecule has 228 valence electrons. The van der Waals surface area contributed by atoms with Crippen molar-refractivity contribution in [1.82, 2.24) is 40.0 Å². The number of aromatic amines is 2. The minimum absolute atomic E-state index is 0.292. The molecule has 1 aromatic carbocycles. The molecular formula is C33H32FN9O2. The average molecular weight is 606 g/mol. The number of hydrogen-bond acceptors (Lipinski definition) is 9. The molecule has 2 aliphatic rings. The summed E-state index contributed by atoms with van der Waals surface area (Å²) in [5.74, 6) is 0.941. The Morgan fingerprint density at radius 3 is 2.73 bits per heavy atom. The SMILES string of the molecule is OC(Nc1cncc(-c2cnc3n[nH]c(-c4nc5nccc(-c6cc(F)cc(OCCN7CCCC7)c6)c5[nH]4)c3c2)c1)C1CC1. The minimum Gasteiger partial charge on any atom is -0.492 e. The van der Waals surface area contributed by atoms with E-state index >= 15 is 0 Å². The molecule has 1 unspecified atom stereocenters. The number of benzene rings is 1. The molecule has 0 spiro atoms. The van der Waals surface area contributed by atoms with Crippen LogP contribution < -0.4 is 10.1 Å². The molecule has 1 saturated heterocycles. The molecule has 4 N–H and O–H groups in total. The van der Waals surface area contributed by atoms with Gasteiger partial charge in [-0.1, -0.05) is 0 Å². The molecule has 1 aliphatic heterocycles. The molecule has 8 rings (SSSR count). The van der Waals surface area contributed by atoms with Gasteiger partial charge in [-0.25, -0.2) is 19.3 Å². The van der Waals surface area contributed by atoms with Gasteiger partial charge in [0.15, 0.2) is 17.1 Å². The average Bonchev–Trinajstić information content (AvgIpc) is 3.40. The standard InChI is InChI=1S/C33H32FN9O2/c34-23-11-20(13-25(15-23)45-10-9-43-7-1-2-8-43)26-5-6-36-31-28(26)39-32(40-31)29-27-14-22(17-37-30(27)42-41-29)21-12-24(18-35-16-21)38-33(44)19-3-4-19/h5-6,11-19,33,38,44H,1-4,7-10H2,(H,36,39,40)(H,37,41,42). The van der Waals surface area contributed by atoms with Crippen molar-refractivity contribution in [1.29, 1.82) is 0 Å². The first-order valence-electron chi connectivity index (χ1n) is 15.3. The number of aliphatic hydroxyl groups is 1. The Morgan fingerprint density at radius 1 is 1.00 bits per heavy atom. The Bertz CT molecular complexity index is 2000. The number of aromatic nitrogens is 7. The highest BCUT2D eigenvalue weighted by Gasteiger charge is 2.29. The molecular weight excluding hydrogens is 573 g/mol. The van der Waals surface area contributed by atoms with Crippen LogP contribution in [0.25, 0.3) is 56.0 Å². The molecule has 1 saturated carbocycles. The van der Waals surface area contributed by atoms with Crippen molar-refractivity contribution in [3.63, 3.8) is 0 Å². The third-order valence-corrected chi connectivity index (χ3v) is 8.55. The number of ether oxygens (including phenoxy) is 1. The maximum atomic E-state index is 14.8. The summed E-state index contributed by atoms with van der Waals surface area (Å²) in [6, 6.07) is 10.5. The summed E-state index contributed by atoms with van der Waals surface area (Å²) in [6.07, 6.45) is 10.8. The number of aliphatic hydroxyl groups excluding tert-OH is 1. The van der Waals surface area contributed by atoms with E-state index in [0.717, 1.165) is 60.2 Å². The van der Waals surface area contributed by atoms with E-state index in [1.165, 1.54) is 25.0 Å². The summed E-state index contributed by atoms with van der Waals surface area (Å²) in [5.41, 5.74) is 6.21. The van der Waals surface area contributed by atoms with Gasteiger partial charge in [-0.05, 0) is 74.7 Å². The number of anilines is 1. The number of imidazole rings is 1. The van der Waals surface area contributed by atoms with Crippen molar-refractivity contribution in [2.45, 2.75) is 31.9 Å². The molecule has 45 heavy (non-hydrogen) atoms. The van der Waals surface area contributed by atoms with E-state index in [1.807, 2.05) is 24.3 Å². The quantitative estimate of drug-likeness (QED) is 0.152. The second kappa shape index (κ2) is 11.5. The number of nitrogens with one attached hydrogen (secondary N) is 3.